The largest absolute Gasteiger partial charge is 0.454 e. The molecule has 0 bridgehead atoms. The number of anilines is 2. The molecule has 1 aromatic carbocycles. The summed E-state index contributed by atoms with van der Waals surface area (Å²) in [5.41, 5.74) is 3.96. The third-order valence-electron chi connectivity index (χ3n) is 6.65. The molecule has 0 aliphatic carbocycles. The second kappa shape index (κ2) is 9.62. The maximum Gasteiger partial charge on any atom is 0.231 e. The highest BCUT2D eigenvalue weighted by molar-refractivity contribution is 5.84. The number of piperazine rings is 1. The summed E-state index contributed by atoms with van der Waals surface area (Å²) in [6.45, 7) is 9.65. The summed E-state index contributed by atoms with van der Waals surface area (Å²) in [6.07, 6.45) is 5.49. The quantitative estimate of drug-likeness (QED) is 0.421. The van der Waals surface area contributed by atoms with E-state index in [1.807, 2.05) is 30.7 Å². The van der Waals surface area contributed by atoms with Crippen molar-refractivity contribution in [2.75, 3.05) is 43.2 Å². The number of nitrogens with zero attached hydrogens (tertiary/aromatic N) is 7. The fourth-order valence-electron chi connectivity index (χ4n) is 4.64. The van der Waals surface area contributed by atoms with Crippen molar-refractivity contribution in [3.05, 3.63) is 60.2 Å². The number of rotatable bonds is 7. The average Bonchev–Trinajstić information content (AvgIpc) is 3.55. The summed E-state index contributed by atoms with van der Waals surface area (Å²) in [7, 11) is 0. The minimum absolute atomic E-state index is 0.252. The lowest BCUT2D eigenvalue weighted by molar-refractivity contribution is 0.174. The Morgan fingerprint density at radius 3 is 2.67 bits per heavy atom. The number of imidazole rings is 1. The highest BCUT2D eigenvalue weighted by Crippen LogP contribution is 2.33. The van der Waals surface area contributed by atoms with Crippen molar-refractivity contribution in [2.24, 2.45) is 0 Å². The topological polar surface area (TPSA) is 93.5 Å². The molecule has 0 unspecified atom stereocenters. The Bertz CT molecular complexity index is 1350. The Hall–Kier alpha value is -3.92. The van der Waals surface area contributed by atoms with Crippen molar-refractivity contribution >= 4 is 22.9 Å². The number of ether oxygens (including phenoxy) is 2. The summed E-state index contributed by atoms with van der Waals surface area (Å²) in [4.78, 5) is 23.4. The van der Waals surface area contributed by atoms with E-state index in [9.17, 15) is 0 Å². The maximum absolute atomic E-state index is 5.54. The third kappa shape index (κ3) is 4.51. The predicted octanol–water partition coefficient (Wildman–Crippen LogP) is 3.47. The number of benzene rings is 1. The molecule has 0 radical (unpaired) electrons. The van der Waals surface area contributed by atoms with Gasteiger partial charge in [-0.1, -0.05) is 12.1 Å². The van der Waals surface area contributed by atoms with Crippen molar-refractivity contribution < 1.29 is 9.47 Å². The minimum Gasteiger partial charge on any atom is -0.454 e. The van der Waals surface area contributed by atoms with Gasteiger partial charge in [0, 0.05) is 57.7 Å². The fourth-order valence-corrected chi connectivity index (χ4v) is 4.64. The molecule has 10 heteroatoms. The zero-order valence-corrected chi connectivity index (χ0v) is 20.6. The average molecular weight is 487 g/mol. The van der Waals surface area contributed by atoms with Crippen LogP contribution in [0, 0.1) is 0 Å². The third-order valence-corrected chi connectivity index (χ3v) is 6.65. The molecule has 3 aromatic heterocycles. The van der Waals surface area contributed by atoms with Crippen LogP contribution >= 0.6 is 0 Å². The van der Waals surface area contributed by atoms with Crippen LogP contribution in [-0.2, 0) is 13.1 Å². The zero-order chi connectivity index (χ0) is 24.5. The smallest absolute Gasteiger partial charge is 0.231 e. The van der Waals surface area contributed by atoms with E-state index >= 15 is 0 Å². The van der Waals surface area contributed by atoms with Gasteiger partial charge < -0.3 is 24.3 Å². The number of pyridine rings is 1. The highest BCUT2D eigenvalue weighted by atomic mass is 16.7. The first kappa shape index (κ1) is 22.5. The standard InChI is InChI=1S/C26H30N8O2/c1-18(2)34-16-29-23-24(28-14-20-4-3-7-27-13-20)30-26(31-25(23)34)33-10-8-32(9-11-33)15-19-5-6-21-22(12-19)36-17-35-21/h3-7,12-13,16,18H,8-11,14-15,17H2,1-2H3,(H,28,30,31). The molecule has 36 heavy (non-hydrogen) atoms. The molecule has 6 rings (SSSR count). The summed E-state index contributed by atoms with van der Waals surface area (Å²) in [5, 5.41) is 3.47. The summed E-state index contributed by atoms with van der Waals surface area (Å²) >= 11 is 0. The van der Waals surface area contributed by atoms with Gasteiger partial charge in [0.1, 0.15) is 0 Å². The predicted molar refractivity (Wildman–Crippen MR) is 137 cm³/mol. The van der Waals surface area contributed by atoms with Crippen molar-refractivity contribution in [2.45, 2.75) is 33.0 Å². The van der Waals surface area contributed by atoms with Gasteiger partial charge in [0.2, 0.25) is 12.7 Å². The summed E-state index contributed by atoms with van der Waals surface area (Å²) in [5.74, 6) is 3.15. The SMILES string of the molecule is CC(C)n1cnc2c(NCc3cccnc3)nc(N3CCN(Cc4ccc5c(c4)OCO5)CC3)nc21. The molecule has 1 N–H and O–H groups in total. The van der Waals surface area contributed by atoms with Crippen LogP contribution in [0.3, 0.4) is 0 Å². The Labute approximate surface area is 209 Å². The maximum atomic E-state index is 5.54. The molecule has 0 atom stereocenters. The normalized spacial score (nSPS) is 15.7. The molecule has 0 saturated carbocycles. The Morgan fingerprint density at radius 1 is 1.00 bits per heavy atom. The van der Waals surface area contributed by atoms with Crippen LogP contribution in [0.4, 0.5) is 11.8 Å². The van der Waals surface area contributed by atoms with E-state index in [1.165, 1.54) is 5.56 Å². The minimum atomic E-state index is 0.252. The van der Waals surface area contributed by atoms with Crippen molar-refractivity contribution in [1.29, 1.82) is 0 Å². The molecular formula is C26H30N8O2. The van der Waals surface area contributed by atoms with Crippen LogP contribution in [0.15, 0.2) is 49.1 Å². The van der Waals surface area contributed by atoms with Gasteiger partial charge in [-0.15, -0.1) is 0 Å². The molecule has 186 valence electrons. The van der Waals surface area contributed by atoms with Crippen LogP contribution in [0.2, 0.25) is 0 Å². The van der Waals surface area contributed by atoms with Crippen LogP contribution in [-0.4, -0.2) is 62.4 Å². The molecule has 4 aromatic rings. The fraction of sp³-hybridized carbons (Fsp3) is 0.385. The molecule has 10 nitrogen and oxygen atoms in total. The molecule has 1 saturated heterocycles. The van der Waals surface area contributed by atoms with Crippen LogP contribution in [0.1, 0.15) is 31.0 Å². The van der Waals surface area contributed by atoms with E-state index in [-0.39, 0.29) is 6.04 Å². The van der Waals surface area contributed by atoms with Gasteiger partial charge in [0.15, 0.2) is 28.5 Å². The van der Waals surface area contributed by atoms with Gasteiger partial charge in [-0.2, -0.15) is 9.97 Å². The van der Waals surface area contributed by atoms with Gasteiger partial charge in [0.25, 0.3) is 0 Å². The number of aromatic nitrogens is 5. The first-order chi connectivity index (χ1) is 17.6. The summed E-state index contributed by atoms with van der Waals surface area (Å²) < 4.78 is 13.1. The van der Waals surface area contributed by atoms with Crippen molar-refractivity contribution in [3.8, 4) is 11.5 Å². The van der Waals surface area contributed by atoms with E-state index < -0.39 is 0 Å². The van der Waals surface area contributed by atoms with E-state index in [4.69, 9.17) is 19.4 Å². The lowest BCUT2D eigenvalue weighted by Crippen LogP contribution is -2.46. The zero-order valence-electron chi connectivity index (χ0n) is 20.6. The van der Waals surface area contributed by atoms with Gasteiger partial charge in [-0.3, -0.25) is 9.88 Å². The second-order valence-corrected chi connectivity index (χ2v) is 9.46. The number of hydrogen-bond donors (Lipinski definition) is 1. The van der Waals surface area contributed by atoms with Crippen molar-refractivity contribution in [1.82, 2.24) is 29.4 Å². The molecule has 0 amide bonds. The first-order valence-corrected chi connectivity index (χ1v) is 12.4. The van der Waals surface area contributed by atoms with Gasteiger partial charge in [-0.25, -0.2) is 4.98 Å². The molecule has 5 heterocycles. The second-order valence-electron chi connectivity index (χ2n) is 9.46. The molecular weight excluding hydrogens is 456 g/mol. The molecule has 2 aliphatic rings. The molecule has 1 fully saturated rings. The van der Waals surface area contributed by atoms with Crippen molar-refractivity contribution in [3.63, 3.8) is 0 Å². The Kier molecular flexibility index (Phi) is 6.02. The van der Waals surface area contributed by atoms with Crippen LogP contribution in [0.5, 0.6) is 11.5 Å². The Balaban J connectivity index is 1.19. The Morgan fingerprint density at radius 2 is 1.86 bits per heavy atom. The first-order valence-electron chi connectivity index (χ1n) is 12.4. The summed E-state index contributed by atoms with van der Waals surface area (Å²) in [6, 6.07) is 10.4. The van der Waals surface area contributed by atoms with E-state index in [2.05, 4.69) is 55.6 Å². The molecule has 2 aliphatic heterocycles. The monoisotopic (exact) mass is 486 g/mol. The van der Waals surface area contributed by atoms with Gasteiger partial charge in [-0.05, 0) is 43.2 Å². The van der Waals surface area contributed by atoms with Crippen LogP contribution in [0.25, 0.3) is 11.2 Å². The number of hydrogen-bond acceptors (Lipinski definition) is 9. The number of nitrogens with one attached hydrogen (secondary N) is 1. The van der Waals surface area contributed by atoms with E-state index in [0.29, 0.717) is 13.3 Å². The number of fused-ring (bicyclic) bond motifs is 2. The highest BCUT2D eigenvalue weighted by Gasteiger charge is 2.23. The lowest BCUT2D eigenvalue weighted by Gasteiger charge is -2.35. The van der Waals surface area contributed by atoms with E-state index in [0.717, 1.165) is 72.7 Å². The lowest BCUT2D eigenvalue weighted by atomic mass is 10.1. The van der Waals surface area contributed by atoms with Gasteiger partial charge >= 0.3 is 0 Å². The van der Waals surface area contributed by atoms with E-state index in [1.54, 1.807) is 6.20 Å². The van der Waals surface area contributed by atoms with Gasteiger partial charge in [0.05, 0.1) is 6.33 Å². The molecule has 0 spiro atoms. The van der Waals surface area contributed by atoms with Crippen LogP contribution < -0.4 is 19.7 Å².